The highest BCUT2D eigenvalue weighted by molar-refractivity contribution is 9.10. The fourth-order valence-corrected chi connectivity index (χ4v) is 4.47. The quantitative estimate of drug-likeness (QED) is 0.317. The molecule has 0 radical (unpaired) electrons. The lowest BCUT2D eigenvalue weighted by molar-refractivity contribution is 0.0500. The minimum Gasteiger partial charge on any atom is -0.497 e. The van der Waals surface area contributed by atoms with Crippen molar-refractivity contribution in [3.63, 3.8) is 0 Å². The van der Waals surface area contributed by atoms with E-state index in [9.17, 15) is 0 Å². The molecule has 174 valence electrons. The van der Waals surface area contributed by atoms with Gasteiger partial charge in [-0.2, -0.15) is 0 Å². The van der Waals surface area contributed by atoms with Gasteiger partial charge in [0.2, 0.25) is 5.88 Å². The van der Waals surface area contributed by atoms with Crippen LogP contribution in [0.15, 0.2) is 74.7 Å². The zero-order valence-corrected chi connectivity index (χ0v) is 20.7. The van der Waals surface area contributed by atoms with Crippen molar-refractivity contribution in [1.82, 2.24) is 9.88 Å². The summed E-state index contributed by atoms with van der Waals surface area (Å²) >= 11 is 3.47. The van der Waals surface area contributed by atoms with Crippen LogP contribution in [0.1, 0.15) is 28.6 Å². The van der Waals surface area contributed by atoms with Crippen LogP contribution >= 0.6 is 15.9 Å². The summed E-state index contributed by atoms with van der Waals surface area (Å²) < 4.78 is 17.8. The Kier molecular flexibility index (Phi) is 6.15. The van der Waals surface area contributed by atoms with Crippen LogP contribution in [0.25, 0.3) is 11.0 Å². The number of amidine groups is 1. The number of ether oxygens (including phenoxy) is 2. The van der Waals surface area contributed by atoms with E-state index in [1.165, 1.54) is 0 Å². The average molecular weight is 522 g/mol. The first-order valence-corrected chi connectivity index (χ1v) is 11.7. The molecule has 2 aromatic carbocycles. The number of pyridine rings is 1. The van der Waals surface area contributed by atoms with Gasteiger partial charge in [-0.1, -0.05) is 35.5 Å². The number of benzene rings is 2. The zero-order valence-electron chi connectivity index (χ0n) is 19.1. The molecule has 0 fully saturated rings. The fourth-order valence-electron chi connectivity index (χ4n) is 4.09. The van der Waals surface area contributed by atoms with Crippen molar-refractivity contribution in [1.29, 1.82) is 0 Å². The number of oxime groups is 1. The van der Waals surface area contributed by atoms with E-state index in [0.29, 0.717) is 30.6 Å². The Bertz CT molecular complexity index is 1350. The third kappa shape index (κ3) is 4.21. The van der Waals surface area contributed by atoms with E-state index in [1.807, 2.05) is 55.5 Å². The number of halogens is 1. The Morgan fingerprint density at radius 3 is 2.62 bits per heavy atom. The van der Waals surface area contributed by atoms with E-state index in [1.54, 1.807) is 14.2 Å². The average Bonchev–Trinajstić information content (AvgIpc) is 3.31. The van der Waals surface area contributed by atoms with Crippen LogP contribution in [0, 0.1) is 6.92 Å². The van der Waals surface area contributed by atoms with Gasteiger partial charge < -0.3 is 23.6 Å². The molecule has 0 N–H and O–H groups in total. The summed E-state index contributed by atoms with van der Waals surface area (Å²) in [7, 11) is 3.25. The van der Waals surface area contributed by atoms with E-state index in [4.69, 9.17) is 18.7 Å². The molecule has 1 unspecified atom stereocenters. The summed E-state index contributed by atoms with van der Waals surface area (Å²) in [5.74, 6) is 2.71. The second-order valence-corrected chi connectivity index (χ2v) is 8.89. The van der Waals surface area contributed by atoms with Gasteiger partial charge >= 0.3 is 0 Å². The van der Waals surface area contributed by atoms with E-state index >= 15 is 0 Å². The summed E-state index contributed by atoms with van der Waals surface area (Å²) in [6.07, 6.45) is 0. The van der Waals surface area contributed by atoms with Crippen molar-refractivity contribution >= 4 is 32.7 Å². The van der Waals surface area contributed by atoms with Gasteiger partial charge in [0.1, 0.15) is 35.4 Å². The molecular formula is C26H24BrN3O4. The highest BCUT2D eigenvalue weighted by Crippen LogP contribution is 2.34. The molecule has 4 aromatic rings. The van der Waals surface area contributed by atoms with E-state index in [0.717, 1.165) is 38.1 Å². The summed E-state index contributed by atoms with van der Waals surface area (Å²) in [6.45, 7) is 2.98. The number of methoxy groups -OCH3 is 2. The molecule has 0 saturated heterocycles. The summed E-state index contributed by atoms with van der Waals surface area (Å²) in [4.78, 5) is 12.5. The van der Waals surface area contributed by atoms with Gasteiger partial charge in [0, 0.05) is 11.9 Å². The molecule has 0 amide bonds. The van der Waals surface area contributed by atoms with Gasteiger partial charge in [-0.25, -0.2) is 4.98 Å². The molecule has 34 heavy (non-hydrogen) atoms. The van der Waals surface area contributed by atoms with Crippen LogP contribution in [0.3, 0.4) is 0 Å². The maximum Gasteiger partial charge on any atom is 0.228 e. The molecule has 1 aliphatic rings. The summed E-state index contributed by atoms with van der Waals surface area (Å²) in [6, 6.07) is 19.8. The summed E-state index contributed by atoms with van der Waals surface area (Å²) in [5, 5.41) is 5.47. The topological polar surface area (TPSA) is 69.3 Å². The molecule has 0 aliphatic carbocycles. The number of furan rings is 1. The second-order valence-electron chi connectivity index (χ2n) is 8.03. The monoisotopic (exact) mass is 521 g/mol. The van der Waals surface area contributed by atoms with Crippen molar-refractivity contribution in [2.45, 2.75) is 19.5 Å². The smallest absolute Gasteiger partial charge is 0.228 e. The number of hydrogen-bond donors (Lipinski definition) is 0. The highest BCUT2D eigenvalue weighted by atomic mass is 79.9. The van der Waals surface area contributed by atoms with Gasteiger partial charge in [0.05, 0.1) is 18.7 Å². The lowest BCUT2D eigenvalue weighted by Crippen LogP contribution is -2.40. The molecule has 2 aromatic heterocycles. The highest BCUT2D eigenvalue weighted by Gasteiger charge is 2.33. The van der Waals surface area contributed by atoms with Crippen LogP contribution in [0.4, 0.5) is 0 Å². The Hall–Kier alpha value is -3.52. The SMILES string of the molecule is COc1ccc(CN2C(c3ccc(Br)c(OC)n3)=NOCC2c2cc3cccc(C)c3o2)cc1. The van der Waals surface area contributed by atoms with Crippen LogP contribution in [-0.2, 0) is 11.4 Å². The van der Waals surface area contributed by atoms with Crippen LogP contribution in [-0.4, -0.2) is 36.5 Å². The Morgan fingerprint density at radius 2 is 1.88 bits per heavy atom. The number of rotatable bonds is 6. The van der Waals surface area contributed by atoms with E-state index in [2.05, 4.69) is 43.1 Å². The number of aryl methyl sites for hydroxylation is 1. The lowest BCUT2D eigenvalue weighted by Gasteiger charge is -2.35. The van der Waals surface area contributed by atoms with Crippen LogP contribution < -0.4 is 9.47 Å². The number of nitrogens with zero attached hydrogens (tertiary/aromatic N) is 3. The molecule has 0 spiro atoms. The Labute approximate surface area is 206 Å². The van der Waals surface area contributed by atoms with E-state index < -0.39 is 0 Å². The number of hydrogen-bond acceptors (Lipinski definition) is 7. The third-order valence-electron chi connectivity index (χ3n) is 5.87. The zero-order chi connectivity index (χ0) is 23.7. The number of para-hydroxylation sites is 1. The molecule has 5 rings (SSSR count). The van der Waals surface area contributed by atoms with E-state index in [-0.39, 0.29) is 6.04 Å². The standard InChI is InChI=1S/C26H24BrN3O4/c1-16-5-4-6-18-13-23(34-24(16)18)22-15-33-29-25(21-12-11-20(27)26(28-21)32-3)30(22)14-17-7-9-19(31-2)10-8-17/h4-13,22H,14-15H2,1-3H3. The number of fused-ring (bicyclic) bond motifs is 1. The normalized spacial score (nSPS) is 15.7. The van der Waals surface area contributed by atoms with Crippen LogP contribution in [0.2, 0.25) is 0 Å². The minimum atomic E-state index is -0.196. The molecule has 0 saturated carbocycles. The Balaban J connectivity index is 1.58. The van der Waals surface area contributed by atoms with Crippen molar-refractivity contribution < 1.29 is 18.7 Å². The molecule has 7 nitrogen and oxygen atoms in total. The van der Waals surface area contributed by atoms with Crippen molar-refractivity contribution in [2.75, 3.05) is 20.8 Å². The van der Waals surface area contributed by atoms with Gasteiger partial charge in [-0.15, -0.1) is 0 Å². The molecular weight excluding hydrogens is 498 g/mol. The summed E-state index contributed by atoms with van der Waals surface area (Å²) in [5.41, 5.74) is 3.71. The lowest BCUT2D eigenvalue weighted by atomic mass is 10.1. The molecule has 8 heteroatoms. The van der Waals surface area contributed by atoms with Crippen molar-refractivity contribution in [3.8, 4) is 11.6 Å². The maximum atomic E-state index is 6.34. The van der Waals surface area contributed by atoms with Gasteiger partial charge in [0.25, 0.3) is 0 Å². The maximum absolute atomic E-state index is 6.34. The van der Waals surface area contributed by atoms with Crippen molar-refractivity contribution in [3.05, 3.63) is 87.7 Å². The molecule has 3 heterocycles. The molecule has 0 bridgehead atoms. The number of aromatic nitrogens is 1. The first-order valence-electron chi connectivity index (χ1n) is 10.9. The molecule has 1 atom stereocenters. The largest absolute Gasteiger partial charge is 0.497 e. The predicted octanol–water partition coefficient (Wildman–Crippen LogP) is 5.85. The van der Waals surface area contributed by atoms with Gasteiger partial charge in [0.15, 0.2) is 5.84 Å². The Morgan fingerprint density at radius 1 is 1.06 bits per heavy atom. The first kappa shape index (κ1) is 22.3. The van der Waals surface area contributed by atoms with Crippen LogP contribution in [0.5, 0.6) is 11.6 Å². The van der Waals surface area contributed by atoms with Crippen molar-refractivity contribution in [2.24, 2.45) is 5.16 Å². The second kappa shape index (κ2) is 9.38. The minimum absolute atomic E-state index is 0.196. The first-order chi connectivity index (χ1) is 16.6. The molecule has 1 aliphatic heterocycles. The third-order valence-corrected chi connectivity index (χ3v) is 6.47. The van der Waals surface area contributed by atoms with Gasteiger partial charge in [-0.3, -0.25) is 0 Å². The van der Waals surface area contributed by atoms with Gasteiger partial charge in [-0.05, 0) is 64.3 Å². The predicted molar refractivity (Wildman–Crippen MR) is 133 cm³/mol. The fraction of sp³-hybridized carbons (Fsp3) is 0.231.